The van der Waals surface area contributed by atoms with Gasteiger partial charge in [-0.1, -0.05) is 32.9 Å². The maximum atomic E-state index is 4.28. The van der Waals surface area contributed by atoms with Crippen LogP contribution in [0.1, 0.15) is 38.7 Å². The first kappa shape index (κ1) is 11.2. The first-order valence-electron chi connectivity index (χ1n) is 6.05. The monoisotopic (exact) mass is 216 g/mol. The standard InChI is InChI=1S/C14H20N2/c1-5-13(10(2)3)11-6-7-12-9-15-16(4)14(12)8-11/h6-10,13H,5H2,1-4H3. The number of benzene rings is 1. The van der Waals surface area contributed by atoms with Gasteiger partial charge in [0.2, 0.25) is 0 Å². The van der Waals surface area contributed by atoms with Crippen LogP contribution < -0.4 is 0 Å². The van der Waals surface area contributed by atoms with Crippen LogP contribution in [0.25, 0.3) is 10.9 Å². The Morgan fingerprint density at radius 2 is 2.06 bits per heavy atom. The van der Waals surface area contributed by atoms with E-state index in [0.29, 0.717) is 11.8 Å². The fraction of sp³-hybridized carbons (Fsp3) is 0.500. The molecule has 1 unspecified atom stereocenters. The summed E-state index contributed by atoms with van der Waals surface area (Å²) in [4.78, 5) is 0. The van der Waals surface area contributed by atoms with Crippen LogP contribution in [-0.4, -0.2) is 9.78 Å². The highest BCUT2D eigenvalue weighted by molar-refractivity contribution is 5.79. The zero-order chi connectivity index (χ0) is 11.7. The molecule has 16 heavy (non-hydrogen) atoms. The Hall–Kier alpha value is -1.31. The normalized spacial score (nSPS) is 13.6. The van der Waals surface area contributed by atoms with E-state index in [9.17, 15) is 0 Å². The second kappa shape index (κ2) is 4.28. The van der Waals surface area contributed by atoms with Crippen molar-refractivity contribution in [3.8, 4) is 0 Å². The summed E-state index contributed by atoms with van der Waals surface area (Å²) in [5, 5.41) is 5.51. The van der Waals surface area contributed by atoms with Gasteiger partial charge in [-0.15, -0.1) is 0 Å². The maximum absolute atomic E-state index is 4.28. The number of nitrogens with zero attached hydrogens (tertiary/aromatic N) is 2. The van der Waals surface area contributed by atoms with Crippen LogP contribution in [0.4, 0.5) is 0 Å². The van der Waals surface area contributed by atoms with E-state index < -0.39 is 0 Å². The number of hydrogen-bond donors (Lipinski definition) is 0. The van der Waals surface area contributed by atoms with Gasteiger partial charge in [0.25, 0.3) is 0 Å². The number of aryl methyl sites for hydroxylation is 1. The van der Waals surface area contributed by atoms with E-state index in [4.69, 9.17) is 0 Å². The molecule has 0 saturated carbocycles. The summed E-state index contributed by atoms with van der Waals surface area (Å²) < 4.78 is 1.95. The minimum atomic E-state index is 0.652. The fourth-order valence-electron chi connectivity index (χ4n) is 2.48. The van der Waals surface area contributed by atoms with Gasteiger partial charge in [0.05, 0.1) is 11.7 Å². The van der Waals surface area contributed by atoms with Crippen molar-refractivity contribution in [2.24, 2.45) is 13.0 Å². The summed E-state index contributed by atoms with van der Waals surface area (Å²) >= 11 is 0. The zero-order valence-corrected chi connectivity index (χ0v) is 10.6. The molecule has 0 radical (unpaired) electrons. The van der Waals surface area contributed by atoms with Crippen molar-refractivity contribution in [1.82, 2.24) is 9.78 Å². The fourth-order valence-corrected chi connectivity index (χ4v) is 2.48. The molecule has 0 N–H and O–H groups in total. The van der Waals surface area contributed by atoms with Gasteiger partial charge in [0, 0.05) is 12.4 Å². The highest BCUT2D eigenvalue weighted by Crippen LogP contribution is 2.29. The maximum Gasteiger partial charge on any atom is 0.0681 e. The molecule has 1 heterocycles. The third kappa shape index (κ3) is 1.84. The molecule has 2 nitrogen and oxygen atoms in total. The van der Waals surface area contributed by atoms with E-state index in [-0.39, 0.29) is 0 Å². The van der Waals surface area contributed by atoms with Gasteiger partial charge >= 0.3 is 0 Å². The molecule has 0 spiro atoms. The van der Waals surface area contributed by atoms with Crippen molar-refractivity contribution in [2.75, 3.05) is 0 Å². The average molecular weight is 216 g/mol. The van der Waals surface area contributed by atoms with Crippen molar-refractivity contribution in [3.63, 3.8) is 0 Å². The van der Waals surface area contributed by atoms with E-state index in [1.54, 1.807) is 0 Å². The minimum Gasteiger partial charge on any atom is -0.268 e. The molecule has 1 atom stereocenters. The van der Waals surface area contributed by atoms with Gasteiger partial charge < -0.3 is 0 Å². The van der Waals surface area contributed by atoms with Crippen molar-refractivity contribution < 1.29 is 0 Å². The van der Waals surface area contributed by atoms with Gasteiger partial charge in [-0.3, -0.25) is 4.68 Å². The van der Waals surface area contributed by atoms with Crippen molar-refractivity contribution in [2.45, 2.75) is 33.1 Å². The lowest BCUT2D eigenvalue weighted by molar-refractivity contribution is 0.485. The molecule has 0 bridgehead atoms. The van der Waals surface area contributed by atoms with E-state index in [0.717, 1.165) is 0 Å². The Morgan fingerprint density at radius 3 is 2.69 bits per heavy atom. The van der Waals surface area contributed by atoms with Gasteiger partial charge in [-0.25, -0.2) is 0 Å². The van der Waals surface area contributed by atoms with Gasteiger partial charge in [-0.05, 0) is 29.9 Å². The van der Waals surface area contributed by atoms with Gasteiger partial charge in [0.1, 0.15) is 0 Å². The van der Waals surface area contributed by atoms with Crippen molar-refractivity contribution in [1.29, 1.82) is 0 Å². The summed E-state index contributed by atoms with van der Waals surface area (Å²) in [6, 6.07) is 6.72. The Bertz CT molecular complexity index is 482. The van der Waals surface area contributed by atoms with Crippen LogP contribution in [0, 0.1) is 5.92 Å². The van der Waals surface area contributed by atoms with Crippen LogP contribution in [0.3, 0.4) is 0 Å². The zero-order valence-electron chi connectivity index (χ0n) is 10.6. The molecule has 2 rings (SSSR count). The van der Waals surface area contributed by atoms with Crippen molar-refractivity contribution in [3.05, 3.63) is 30.0 Å². The summed E-state index contributed by atoms with van der Waals surface area (Å²) in [7, 11) is 2.00. The Morgan fingerprint density at radius 1 is 1.31 bits per heavy atom. The van der Waals surface area contributed by atoms with Crippen LogP contribution in [0.15, 0.2) is 24.4 Å². The molecule has 0 amide bonds. The second-order valence-corrected chi connectivity index (χ2v) is 4.85. The average Bonchev–Trinajstić information content (AvgIpc) is 2.61. The Balaban J connectivity index is 2.48. The van der Waals surface area contributed by atoms with E-state index in [1.165, 1.54) is 22.9 Å². The summed E-state index contributed by atoms with van der Waals surface area (Å²) in [6.45, 7) is 6.85. The predicted octanol–water partition coefficient (Wildman–Crippen LogP) is 3.72. The molecular formula is C14H20N2. The summed E-state index contributed by atoms with van der Waals surface area (Å²) in [5.74, 6) is 1.34. The van der Waals surface area contributed by atoms with Gasteiger partial charge in [0.15, 0.2) is 0 Å². The molecule has 0 aliphatic carbocycles. The quantitative estimate of drug-likeness (QED) is 0.764. The molecule has 0 aliphatic heterocycles. The lowest BCUT2D eigenvalue weighted by Crippen LogP contribution is -2.05. The molecule has 86 valence electrons. The lowest BCUT2D eigenvalue weighted by atomic mass is 9.86. The summed E-state index contributed by atoms with van der Waals surface area (Å²) in [5.41, 5.74) is 2.67. The number of hydrogen-bond acceptors (Lipinski definition) is 1. The van der Waals surface area contributed by atoms with Crippen LogP contribution in [-0.2, 0) is 7.05 Å². The SMILES string of the molecule is CCC(c1ccc2cnn(C)c2c1)C(C)C. The number of aromatic nitrogens is 2. The van der Waals surface area contributed by atoms with E-state index in [2.05, 4.69) is 44.1 Å². The highest BCUT2D eigenvalue weighted by Gasteiger charge is 2.14. The summed E-state index contributed by atoms with van der Waals surface area (Å²) in [6.07, 6.45) is 3.12. The molecule has 0 aliphatic rings. The second-order valence-electron chi connectivity index (χ2n) is 4.85. The molecule has 2 heteroatoms. The number of fused-ring (bicyclic) bond motifs is 1. The van der Waals surface area contributed by atoms with Crippen LogP contribution in [0.2, 0.25) is 0 Å². The van der Waals surface area contributed by atoms with Crippen molar-refractivity contribution >= 4 is 10.9 Å². The molecule has 0 fully saturated rings. The van der Waals surface area contributed by atoms with Crippen LogP contribution in [0.5, 0.6) is 0 Å². The molecule has 1 aromatic heterocycles. The lowest BCUT2D eigenvalue weighted by Gasteiger charge is -2.19. The Kier molecular flexibility index (Phi) is 2.99. The van der Waals surface area contributed by atoms with Crippen LogP contribution >= 0.6 is 0 Å². The molecular weight excluding hydrogens is 196 g/mol. The first-order chi connectivity index (χ1) is 7.63. The first-order valence-corrected chi connectivity index (χ1v) is 6.05. The molecule has 1 aromatic carbocycles. The minimum absolute atomic E-state index is 0.652. The van der Waals surface area contributed by atoms with E-state index >= 15 is 0 Å². The Labute approximate surface area is 97.3 Å². The highest BCUT2D eigenvalue weighted by atomic mass is 15.2. The molecule has 0 saturated heterocycles. The third-order valence-corrected chi connectivity index (χ3v) is 3.45. The number of rotatable bonds is 3. The molecule has 2 aromatic rings. The van der Waals surface area contributed by atoms with E-state index in [1.807, 2.05) is 17.9 Å². The smallest absolute Gasteiger partial charge is 0.0681 e. The topological polar surface area (TPSA) is 17.8 Å². The van der Waals surface area contributed by atoms with Gasteiger partial charge in [-0.2, -0.15) is 5.10 Å². The predicted molar refractivity (Wildman–Crippen MR) is 68.6 cm³/mol. The third-order valence-electron chi connectivity index (χ3n) is 3.45. The largest absolute Gasteiger partial charge is 0.268 e.